The predicted octanol–water partition coefficient (Wildman–Crippen LogP) is 2.54. The minimum absolute atomic E-state index is 0.0304. The van der Waals surface area contributed by atoms with E-state index in [-0.39, 0.29) is 13.1 Å². The summed E-state index contributed by atoms with van der Waals surface area (Å²) in [6.07, 6.45) is 0.714. The van der Waals surface area contributed by atoms with Crippen molar-refractivity contribution in [3.05, 3.63) is 84.2 Å². The number of hydrogen-bond acceptors (Lipinski definition) is 11. The number of nitrogens with two attached hydrogens (primary N) is 1. The normalized spacial score (nSPS) is 11.1. The molecule has 0 aliphatic carbocycles. The van der Waals surface area contributed by atoms with Crippen LogP contribution in [0.1, 0.15) is 17.8 Å². The Morgan fingerprint density at radius 1 is 0.592 bits per heavy atom. The van der Waals surface area contributed by atoms with Gasteiger partial charge in [0.1, 0.15) is 5.75 Å². The lowest BCUT2D eigenvalue weighted by Gasteiger charge is -2.18. The van der Waals surface area contributed by atoms with Gasteiger partial charge in [0.15, 0.2) is 0 Å². The van der Waals surface area contributed by atoms with Crippen molar-refractivity contribution in [2.24, 2.45) is 5.73 Å². The molecular weight excluding hydrogens is 636 g/mol. The first-order valence-corrected chi connectivity index (χ1v) is 15.2. The monoisotopic (exact) mass is 672 g/mol. The zero-order chi connectivity index (χ0) is 35.3. The van der Waals surface area contributed by atoms with Crippen LogP contribution in [0.2, 0.25) is 0 Å². The molecule has 0 aliphatic rings. The summed E-state index contributed by atoms with van der Waals surface area (Å²) in [7, 11) is 0. The Balaban J connectivity index is 1.74. The topological polar surface area (TPSA) is 230 Å². The average Bonchev–Trinajstić information content (AvgIpc) is 3.04. The molecule has 4 aromatic rings. The van der Waals surface area contributed by atoms with E-state index in [0.717, 1.165) is 11.1 Å². The lowest BCUT2D eigenvalue weighted by molar-refractivity contribution is -0.144. The summed E-state index contributed by atoms with van der Waals surface area (Å²) in [5.41, 5.74) is 9.80. The highest BCUT2D eigenvalue weighted by Crippen LogP contribution is 2.30. The van der Waals surface area contributed by atoms with Crippen LogP contribution in [0.15, 0.2) is 72.8 Å². The molecular formula is C34H36N6O9. The Kier molecular flexibility index (Phi) is 12.8. The van der Waals surface area contributed by atoms with Gasteiger partial charge in [0.25, 0.3) is 0 Å². The summed E-state index contributed by atoms with van der Waals surface area (Å²) in [6, 6.07) is 21.3. The number of aliphatic carboxylic acids is 4. The number of carboxylic acids is 4. The third-order valence-corrected chi connectivity index (χ3v) is 6.98. The molecule has 0 spiro atoms. The maximum atomic E-state index is 11.3. The van der Waals surface area contributed by atoms with Gasteiger partial charge in [-0.15, -0.1) is 0 Å². The fourth-order valence-electron chi connectivity index (χ4n) is 4.96. The van der Waals surface area contributed by atoms with Crippen molar-refractivity contribution < 1.29 is 44.3 Å². The number of aromatic nitrogens is 3. The van der Waals surface area contributed by atoms with Crippen molar-refractivity contribution in [1.82, 2.24) is 24.8 Å². The minimum Gasteiger partial charge on any atom is -0.494 e. The predicted molar refractivity (Wildman–Crippen MR) is 176 cm³/mol. The number of carboxylic acid groups (broad SMARTS) is 4. The van der Waals surface area contributed by atoms with Crippen LogP contribution in [0, 0.1) is 0 Å². The van der Waals surface area contributed by atoms with Gasteiger partial charge in [-0.2, -0.15) is 0 Å². The third kappa shape index (κ3) is 11.5. The molecule has 0 atom stereocenters. The van der Waals surface area contributed by atoms with Gasteiger partial charge in [0, 0.05) is 13.1 Å². The van der Waals surface area contributed by atoms with E-state index in [9.17, 15) is 39.6 Å². The maximum absolute atomic E-state index is 11.3. The van der Waals surface area contributed by atoms with Crippen LogP contribution in [0.5, 0.6) is 5.75 Å². The number of rotatable bonds is 19. The summed E-state index contributed by atoms with van der Waals surface area (Å²) in [5.74, 6) is -4.01. The van der Waals surface area contributed by atoms with E-state index in [1.54, 1.807) is 36.4 Å². The molecule has 1 aromatic carbocycles. The van der Waals surface area contributed by atoms with Gasteiger partial charge in [0.2, 0.25) is 0 Å². The van der Waals surface area contributed by atoms with E-state index in [1.165, 1.54) is 9.80 Å². The highest BCUT2D eigenvalue weighted by Gasteiger charge is 2.18. The molecule has 15 nitrogen and oxygen atoms in total. The molecule has 49 heavy (non-hydrogen) atoms. The summed E-state index contributed by atoms with van der Waals surface area (Å²) < 4.78 is 5.74. The molecule has 0 unspecified atom stereocenters. The molecule has 0 aliphatic heterocycles. The molecule has 0 amide bonds. The number of hydrogen-bond donors (Lipinski definition) is 5. The van der Waals surface area contributed by atoms with Gasteiger partial charge in [-0.3, -0.25) is 29.0 Å². The van der Waals surface area contributed by atoms with E-state index < -0.39 is 50.1 Å². The maximum Gasteiger partial charge on any atom is 0.317 e. The smallest absolute Gasteiger partial charge is 0.317 e. The van der Waals surface area contributed by atoms with Crippen molar-refractivity contribution in [1.29, 1.82) is 0 Å². The van der Waals surface area contributed by atoms with E-state index in [2.05, 4.69) is 9.97 Å². The molecule has 256 valence electrons. The van der Waals surface area contributed by atoms with Crippen LogP contribution >= 0.6 is 0 Å². The molecule has 0 saturated carbocycles. The first-order valence-electron chi connectivity index (χ1n) is 15.2. The first kappa shape index (κ1) is 36.1. The van der Waals surface area contributed by atoms with Crippen molar-refractivity contribution in [2.75, 3.05) is 39.3 Å². The summed E-state index contributed by atoms with van der Waals surface area (Å²) in [6.45, 7) is -1.01. The summed E-state index contributed by atoms with van der Waals surface area (Å²) in [4.78, 5) is 62.0. The molecule has 6 N–H and O–H groups in total. The van der Waals surface area contributed by atoms with Crippen LogP contribution in [0.4, 0.5) is 0 Å². The molecule has 0 saturated heterocycles. The standard InChI is InChI=1S/C34H36N6O9/c35-12-3-13-49-26-10-8-22(9-11-26)23-14-29(27-6-1-4-24(36-27)16-39(18-31(41)42)19-32(43)44)38-30(15-23)28-7-2-5-25(37-28)17-40(20-33(45)46)21-34(47)48/h1-2,4-11,14-15H,3,12-13,16-21,35H2,(H,41,42)(H,43,44)(H,45,46)(H,47,48). The van der Waals surface area contributed by atoms with Gasteiger partial charge in [0.05, 0.1) is 66.9 Å². The van der Waals surface area contributed by atoms with Crippen molar-refractivity contribution >= 4 is 23.9 Å². The Hall–Kier alpha value is -5.77. The second-order valence-corrected chi connectivity index (χ2v) is 11.0. The molecule has 3 heterocycles. The van der Waals surface area contributed by atoms with Crippen molar-refractivity contribution in [3.8, 4) is 39.7 Å². The van der Waals surface area contributed by atoms with Gasteiger partial charge >= 0.3 is 23.9 Å². The zero-order valence-corrected chi connectivity index (χ0v) is 26.4. The van der Waals surface area contributed by atoms with Crippen LogP contribution in [0.3, 0.4) is 0 Å². The largest absolute Gasteiger partial charge is 0.494 e. The highest BCUT2D eigenvalue weighted by atomic mass is 16.5. The molecule has 0 fully saturated rings. The Morgan fingerprint density at radius 2 is 1.04 bits per heavy atom. The fourth-order valence-corrected chi connectivity index (χ4v) is 4.96. The number of nitrogens with zero attached hydrogens (tertiary/aromatic N) is 5. The number of pyridine rings is 3. The van der Waals surface area contributed by atoms with E-state index >= 15 is 0 Å². The van der Waals surface area contributed by atoms with Gasteiger partial charge in [-0.05, 0) is 72.6 Å². The Bertz CT molecular complexity index is 1650. The van der Waals surface area contributed by atoms with Gasteiger partial charge in [-0.1, -0.05) is 24.3 Å². The highest BCUT2D eigenvalue weighted by molar-refractivity contribution is 5.76. The van der Waals surface area contributed by atoms with Crippen LogP contribution in [0.25, 0.3) is 33.9 Å². The second-order valence-electron chi connectivity index (χ2n) is 11.0. The number of benzene rings is 1. The lowest BCUT2D eigenvalue weighted by atomic mass is 10.0. The second kappa shape index (κ2) is 17.4. The average molecular weight is 673 g/mol. The van der Waals surface area contributed by atoms with E-state index in [4.69, 9.17) is 15.5 Å². The molecule has 15 heteroatoms. The van der Waals surface area contributed by atoms with Crippen molar-refractivity contribution in [3.63, 3.8) is 0 Å². The molecule has 3 aromatic heterocycles. The Labute approximate surface area is 281 Å². The van der Waals surface area contributed by atoms with Crippen molar-refractivity contribution in [2.45, 2.75) is 19.5 Å². The SMILES string of the molecule is NCCCOc1ccc(-c2cc(-c3cccc(CN(CC(=O)O)CC(=O)O)n3)nc(-c3cccc(CN(CC(=O)O)CC(=O)O)n3)c2)cc1. The Morgan fingerprint density at radius 3 is 1.45 bits per heavy atom. The van der Waals surface area contributed by atoms with Crippen LogP contribution in [-0.2, 0) is 32.3 Å². The molecule has 0 radical (unpaired) electrons. The minimum atomic E-state index is -1.17. The van der Waals surface area contributed by atoms with Gasteiger partial charge < -0.3 is 30.9 Å². The number of ether oxygens (including phenoxy) is 1. The van der Waals surface area contributed by atoms with Crippen LogP contribution in [-0.4, -0.2) is 108 Å². The molecule has 4 rings (SSSR count). The van der Waals surface area contributed by atoms with Gasteiger partial charge in [-0.25, -0.2) is 15.0 Å². The third-order valence-electron chi connectivity index (χ3n) is 6.98. The lowest BCUT2D eigenvalue weighted by Crippen LogP contribution is -2.34. The van der Waals surface area contributed by atoms with Crippen LogP contribution < -0.4 is 10.5 Å². The summed E-state index contributed by atoms with van der Waals surface area (Å²) in [5, 5.41) is 37.0. The first-order chi connectivity index (χ1) is 23.5. The zero-order valence-electron chi connectivity index (χ0n) is 26.4. The summed E-state index contributed by atoms with van der Waals surface area (Å²) >= 11 is 0. The molecule has 0 bridgehead atoms. The van der Waals surface area contributed by atoms with E-state index in [0.29, 0.717) is 59.5 Å². The fraction of sp³-hybridized carbons (Fsp3) is 0.265. The number of carbonyl (C=O) groups is 4. The van der Waals surface area contributed by atoms with E-state index in [1.807, 2.05) is 36.4 Å². The quantitative estimate of drug-likeness (QED) is 0.0901.